The van der Waals surface area contributed by atoms with E-state index < -0.39 is 30.0 Å². The van der Waals surface area contributed by atoms with Crippen molar-refractivity contribution in [3.05, 3.63) is 23.8 Å². The molecule has 9 heteroatoms. The topological polar surface area (TPSA) is 133 Å². The second kappa shape index (κ2) is 3.84. The first-order valence-corrected chi connectivity index (χ1v) is 6.53. The molecule has 0 bridgehead atoms. The lowest BCUT2D eigenvalue weighted by molar-refractivity contribution is 0.481. The van der Waals surface area contributed by atoms with Gasteiger partial charge in [0.05, 0.1) is 21.4 Å². The van der Waals surface area contributed by atoms with Crippen LogP contribution in [0.5, 0.6) is 0 Å². The fourth-order valence-electron chi connectivity index (χ4n) is 0.934. The van der Waals surface area contributed by atoms with Gasteiger partial charge in [-0.3, -0.25) is 9.11 Å². The Kier molecular flexibility index (Phi) is 3.02. The molecule has 0 heterocycles. The zero-order chi connectivity index (χ0) is 12.6. The largest absolute Gasteiger partial charge is 0.294 e. The van der Waals surface area contributed by atoms with Crippen molar-refractivity contribution < 1.29 is 25.9 Å². The summed E-state index contributed by atoms with van der Waals surface area (Å²) in [5.41, 5.74) is -0.317. The second-order valence-electron chi connectivity index (χ2n) is 2.76. The van der Waals surface area contributed by atoms with Gasteiger partial charge in [-0.05, 0) is 18.2 Å². The van der Waals surface area contributed by atoms with Gasteiger partial charge in [0.2, 0.25) is 0 Å². The molecule has 1 aromatic carbocycles. The molecule has 0 amide bonds. The van der Waals surface area contributed by atoms with E-state index in [1.165, 1.54) is 6.07 Å². The van der Waals surface area contributed by atoms with Crippen molar-refractivity contribution in [2.45, 2.75) is 9.79 Å². The third kappa shape index (κ3) is 2.77. The SMILES string of the molecule is N#Cc1cc(S(=O)(=O)O)cc(S(=O)(=O)O)c1. The Labute approximate surface area is 91.4 Å². The lowest BCUT2D eigenvalue weighted by Crippen LogP contribution is -2.04. The molecule has 0 aliphatic rings. The molecular formula is C7H5NO6S2. The Hall–Kier alpha value is -1.47. The second-order valence-corrected chi connectivity index (χ2v) is 5.60. The highest BCUT2D eigenvalue weighted by Gasteiger charge is 2.17. The van der Waals surface area contributed by atoms with Gasteiger partial charge in [0.15, 0.2) is 0 Å². The van der Waals surface area contributed by atoms with Crippen LogP contribution >= 0.6 is 0 Å². The Bertz CT molecular complexity index is 617. The van der Waals surface area contributed by atoms with Gasteiger partial charge in [0, 0.05) is 0 Å². The molecular weight excluding hydrogens is 258 g/mol. The smallest absolute Gasteiger partial charge is 0.282 e. The first-order valence-electron chi connectivity index (χ1n) is 3.65. The van der Waals surface area contributed by atoms with Crippen LogP contribution in [0.3, 0.4) is 0 Å². The first-order chi connectivity index (χ1) is 7.14. The molecule has 7 nitrogen and oxygen atoms in total. The third-order valence-electron chi connectivity index (χ3n) is 1.60. The van der Waals surface area contributed by atoms with Gasteiger partial charge in [0.1, 0.15) is 0 Å². The molecule has 16 heavy (non-hydrogen) atoms. The van der Waals surface area contributed by atoms with Crippen LogP contribution in [0.25, 0.3) is 0 Å². The summed E-state index contributed by atoms with van der Waals surface area (Å²) in [5, 5.41) is 8.52. The zero-order valence-electron chi connectivity index (χ0n) is 7.52. The van der Waals surface area contributed by atoms with E-state index in [0.717, 1.165) is 12.1 Å². The molecule has 0 fully saturated rings. The van der Waals surface area contributed by atoms with Crippen LogP contribution in [0.1, 0.15) is 5.56 Å². The molecule has 0 unspecified atom stereocenters. The molecule has 0 saturated carbocycles. The summed E-state index contributed by atoms with van der Waals surface area (Å²) in [5.74, 6) is 0. The Balaban J connectivity index is 3.66. The highest BCUT2D eigenvalue weighted by molar-refractivity contribution is 7.86. The third-order valence-corrected chi connectivity index (χ3v) is 3.27. The van der Waals surface area contributed by atoms with E-state index in [1.54, 1.807) is 0 Å². The van der Waals surface area contributed by atoms with Crippen molar-refractivity contribution in [3.8, 4) is 6.07 Å². The minimum atomic E-state index is -4.64. The highest BCUT2D eigenvalue weighted by Crippen LogP contribution is 2.18. The predicted molar refractivity (Wildman–Crippen MR) is 50.8 cm³/mol. The average molecular weight is 263 g/mol. The number of hydrogen-bond acceptors (Lipinski definition) is 5. The van der Waals surface area contributed by atoms with E-state index in [-0.39, 0.29) is 5.56 Å². The zero-order valence-corrected chi connectivity index (χ0v) is 9.16. The monoisotopic (exact) mass is 263 g/mol. The summed E-state index contributed by atoms with van der Waals surface area (Å²) in [6.07, 6.45) is 0. The van der Waals surface area contributed by atoms with E-state index in [1.807, 2.05) is 0 Å². The Morgan fingerprint density at radius 2 is 1.31 bits per heavy atom. The number of rotatable bonds is 2. The normalized spacial score (nSPS) is 12.1. The summed E-state index contributed by atoms with van der Waals surface area (Å²) in [6, 6.07) is 3.61. The molecule has 0 aliphatic heterocycles. The maximum Gasteiger partial charge on any atom is 0.294 e. The lowest BCUT2D eigenvalue weighted by Gasteiger charge is -2.01. The standard InChI is InChI=1S/C7H5NO6S2/c8-4-5-1-6(15(9,10)11)3-7(2-5)16(12,13)14/h1-3H,(H,9,10,11)(H,12,13,14). The molecule has 0 radical (unpaired) electrons. The fraction of sp³-hybridized carbons (Fsp3) is 0. The van der Waals surface area contributed by atoms with E-state index in [4.69, 9.17) is 14.4 Å². The number of nitrogens with zero attached hydrogens (tertiary/aromatic N) is 1. The van der Waals surface area contributed by atoms with Crippen molar-refractivity contribution in [2.75, 3.05) is 0 Å². The summed E-state index contributed by atoms with van der Waals surface area (Å²) in [4.78, 5) is -1.56. The van der Waals surface area contributed by atoms with Crippen molar-refractivity contribution >= 4 is 20.2 Å². The van der Waals surface area contributed by atoms with Gasteiger partial charge in [-0.1, -0.05) is 0 Å². The maximum absolute atomic E-state index is 10.7. The molecule has 0 aliphatic carbocycles. The van der Waals surface area contributed by atoms with E-state index >= 15 is 0 Å². The van der Waals surface area contributed by atoms with Crippen molar-refractivity contribution in [1.82, 2.24) is 0 Å². The summed E-state index contributed by atoms with van der Waals surface area (Å²) in [6.45, 7) is 0. The van der Waals surface area contributed by atoms with E-state index in [9.17, 15) is 16.8 Å². The number of benzene rings is 1. The molecule has 0 atom stereocenters. The van der Waals surface area contributed by atoms with Crippen LogP contribution in [0.2, 0.25) is 0 Å². The van der Waals surface area contributed by atoms with Gasteiger partial charge < -0.3 is 0 Å². The van der Waals surface area contributed by atoms with E-state index in [0.29, 0.717) is 6.07 Å². The minimum Gasteiger partial charge on any atom is -0.282 e. The molecule has 2 N–H and O–H groups in total. The van der Waals surface area contributed by atoms with Crippen LogP contribution < -0.4 is 0 Å². The van der Waals surface area contributed by atoms with Gasteiger partial charge in [-0.2, -0.15) is 22.1 Å². The summed E-state index contributed by atoms with van der Waals surface area (Å²) >= 11 is 0. The van der Waals surface area contributed by atoms with Crippen LogP contribution in [-0.2, 0) is 20.2 Å². The Morgan fingerprint density at radius 3 is 1.56 bits per heavy atom. The van der Waals surface area contributed by atoms with Crippen LogP contribution in [0.15, 0.2) is 28.0 Å². The highest BCUT2D eigenvalue weighted by atomic mass is 32.2. The minimum absolute atomic E-state index is 0.317. The molecule has 86 valence electrons. The maximum atomic E-state index is 10.7. The van der Waals surface area contributed by atoms with Gasteiger partial charge >= 0.3 is 0 Å². The van der Waals surface area contributed by atoms with Crippen molar-refractivity contribution in [1.29, 1.82) is 5.26 Å². The van der Waals surface area contributed by atoms with Crippen LogP contribution in [-0.4, -0.2) is 25.9 Å². The first kappa shape index (κ1) is 12.6. The van der Waals surface area contributed by atoms with Gasteiger partial charge in [-0.25, -0.2) is 0 Å². The molecule has 0 spiro atoms. The number of nitriles is 1. The van der Waals surface area contributed by atoms with Crippen LogP contribution in [0.4, 0.5) is 0 Å². The molecule has 1 aromatic rings. The van der Waals surface area contributed by atoms with Gasteiger partial charge in [0.25, 0.3) is 20.2 Å². The van der Waals surface area contributed by atoms with Crippen LogP contribution in [0, 0.1) is 11.3 Å². The molecule has 0 aromatic heterocycles. The van der Waals surface area contributed by atoms with Gasteiger partial charge in [-0.15, -0.1) is 0 Å². The average Bonchev–Trinajstić information content (AvgIpc) is 2.14. The van der Waals surface area contributed by atoms with Crippen molar-refractivity contribution in [3.63, 3.8) is 0 Å². The van der Waals surface area contributed by atoms with Crippen molar-refractivity contribution in [2.24, 2.45) is 0 Å². The van der Waals surface area contributed by atoms with E-state index in [2.05, 4.69) is 0 Å². The molecule has 0 saturated heterocycles. The molecule has 1 rings (SSSR count). The predicted octanol–water partition coefficient (Wildman–Crippen LogP) is 0.0517. The lowest BCUT2D eigenvalue weighted by atomic mass is 10.2. The quantitative estimate of drug-likeness (QED) is 0.720. The summed E-state index contributed by atoms with van der Waals surface area (Å²) in [7, 11) is -9.29. The number of hydrogen-bond donors (Lipinski definition) is 2. The fourth-order valence-corrected chi connectivity index (χ4v) is 2.11. The summed E-state index contributed by atoms with van der Waals surface area (Å²) < 4.78 is 60.4. The Morgan fingerprint density at radius 1 is 0.938 bits per heavy atom.